The molecule has 1 N–H and O–H groups in total. The van der Waals surface area contributed by atoms with Crippen molar-refractivity contribution in [2.24, 2.45) is 17.3 Å². The van der Waals surface area contributed by atoms with E-state index < -0.39 is 29.4 Å². The van der Waals surface area contributed by atoms with Crippen molar-refractivity contribution in [1.29, 1.82) is 0 Å². The lowest BCUT2D eigenvalue weighted by atomic mass is 9.82. The number of aliphatic hydroxyl groups excluding tert-OH is 1. The van der Waals surface area contributed by atoms with Crippen molar-refractivity contribution >= 4 is 11.8 Å². The Kier molecular flexibility index (Phi) is 13.6. The molecular formula is C33H56N2O7. The first-order valence-corrected chi connectivity index (χ1v) is 15.2. The molecule has 0 aliphatic carbocycles. The van der Waals surface area contributed by atoms with Gasteiger partial charge in [0.1, 0.15) is 18.1 Å². The van der Waals surface area contributed by atoms with Gasteiger partial charge in [0.05, 0.1) is 24.4 Å². The van der Waals surface area contributed by atoms with Gasteiger partial charge in [0.25, 0.3) is 0 Å². The van der Waals surface area contributed by atoms with Crippen LogP contribution in [0.25, 0.3) is 0 Å². The average Bonchev–Trinajstić information content (AvgIpc) is 2.92. The molecule has 1 aromatic carbocycles. The molecule has 0 spiro atoms. The molecule has 0 bridgehead atoms. The van der Waals surface area contributed by atoms with Crippen molar-refractivity contribution in [3.05, 3.63) is 35.9 Å². The second kappa shape index (κ2) is 15.7. The number of carbonyl (C=O) groups is 2. The third kappa shape index (κ3) is 9.82. The topological polar surface area (TPSA) is 97.8 Å². The Morgan fingerprint density at radius 2 is 1.71 bits per heavy atom. The summed E-state index contributed by atoms with van der Waals surface area (Å²) in [5.74, 6) is -0.712. The van der Waals surface area contributed by atoms with Crippen LogP contribution in [0.3, 0.4) is 0 Å². The van der Waals surface area contributed by atoms with Crippen molar-refractivity contribution in [2.75, 3.05) is 48.0 Å². The molecule has 240 valence electrons. The molecule has 1 fully saturated rings. The molecule has 9 nitrogen and oxygen atoms in total. The largest absolute Gasteiger partial charge is 0.463 e. The molecular weight excluding hydrogens is 536 g/mol. The third-order valence-corrected chi connectivity index (χ3v) is 8.44. The van der Waals surface area contributed by atoms with Crippen LogP contribution in [0, 0.1) is 17.3 Å². The summed E-state index contributed by atoms with van der Waals surface area (Å²) in [6.45, 7) is 14.1. The van der Waals surface area contributed by atoms with E-state index in [1.807, 2.05) is 70.2 Å². The minimum Gasteiger partial charge on any atom is -0.463 e. The minimum absolute atomic E-state index is 0.0229. The van der Waals surface area contributed by atoms with Crippen LogP contribution in [0.4, 0.5) is 0 Å². The van der Waals surface area contributed by atoms with Crippen LogP contribution in [0.5, 0.6) is 0 Å². The first kappa shape index (κ1) is 36.3. The van der Waals surface area contributed by atoms with Gasteiger partial charge in [-0.05, 0) is 73.2 Å². The highest BCUT2D eigenvalue weighted by Crippen LogP contribution is 2.30. The van der Waals surface area contributed by atoms with E-state index >= 15 is 0 Å². The summed E-state index contributed by atoms with van der Waals surface area (Å²) in [5.41, 5.74) is -0.784. The van der Waals surface area contributed by atoms with Crippen molar-refractivity contribution in [2.45, 2.75) is 97.5 Å². The Bertz CT molecular complexity index is 986. The van der Waals surface area contributed by atoms with Gasteiger partial charge < -0.3 is 29.0 Å². The van der Waals surface area contributed by atoms with Crippen molar-refractivity contribution in [3.8, 4) is 0 Å². The summed E-state index contributed by atoms with van der Waals surface area (Å²) in [5, 5.41) is 10.9. The maximum atomic E-state index is 13.0. The molecule has 1 heterocycles. The van der Waals surface area contributed by atoms with Crippen LogP contribution < -0.4 is 0 Å². The summed E-state index contributed by atoms with van der Waals surface area (Å²) in [7, 11) is 7.60. The lowest BCUT2D eigenvalue weighted by Gasteiger charge is -2.42. The van der Waals surface area contributed by atoms with Crippen molar-refractivity contribution in [1.82, 2.24) is 9.80 Å². The summed E-state index contributed by atoms with van der Waals surface area (Å²) >= 11 is 0. The zero-order valence-electron chi connectivity index (χ0n) is 27.8. The molecule has 0 amide bonds. The second-order valence-corrected chi connectivity index (χ2v) is 13.5. The van der Waals surface area contributed by atoms with Gasteiger partial charge in [-0.2, -0.15) is 0 Å². The monoisotopic (exact) mass is 592 g/mol. The number of benzene rings is 1. The number of rotatable bonds is 16. The van der Waals surface area contributed by atoms with Crippen LogP contribution in [-0.4, -0.2) is 105 Å². The highest BCUT2D eigenvalue weighted by Gasteiger charge is 2.41. The predicted octanol–water partition coefficient (Wildman–Crippen LogP) is 4.33. The van der Waals surface area contributed by atoms with E-state index in [1.165, 1.54) is 0 Å². The number of methoxy groups -OCH3 is 1. The van der Waals surface area contributed by atoms with E-state index in [-0.39, 0.29) is 49.0 Å². The molecule has 7 atom stereocenters. The quantitative estimate of drug-likeness (QED) is 0.222. The first-order valence-electron chi connectivity index (χ1n) is 15.2. The molecule has 9 heteroatoms. The maximum Gasteiger partial charge on any atom is 0.319 e. The van der Waals surface area contributed by atoms with Gasteiger partial charge in [-0.15, -0.1) is 0 Å². The van der Waals surface area contributed by atoms with Gasteiger partial charge >= 0.3 is 5.97 Å². The van der Waals surface area contributed by atoms with Crippen LogP contribution >= 0.6 is 0 Å². The van der Waals surface area contributed by atoms with E-state index in [9.17, 15) is 14.7 Å². The Morgan fingerprint density at radius 3 is 2.26 bits per heavy atom. The molecule has 1 aliphatic rings. The van der Waals surface area contributed by atoms with Crippen molar-refractivity contribution in [3.63, 3.8) is 0 Å². The number of aliphatic hydroxyl groups is 1. The molecule has 0 saturated carbocycles. The van der Waals surface area contributed by atoms with Gasteiger partial charge in [-0.25, -0.2) is 0 Å². The number of ether oxygens (including phenoxy) is 4. The normalized spacial score (nSPS) is 24.5. The predicted molar refractivity (Wildman–Crippen MR) is 164 cm³/mol. The standard InChI is InChI=1S/C33H56N2O7/c1-22(2)29(37)32(5,6)31(38)40-20-27(25-15-13-12-14-16-25)35(10)19-23(3)18-33(7,39-11)21-41-30-28(36)26(34(8)9)17-24(4)42-30/h12-16,22-24,26-28,30,36H,17-21H2,1-11H3/t23-,24-,26+,27+,28-,30-,33?/m1/s1. The van der Waals surface area contributed by atoms with Gasteiger partial charge in [-0.3, -0.25) is 14.5 Å². The Balaban J connectivity index is 2.07. The Labute approximate surface area is 253 Å². The number of Topliss-reactive ketones (excluding diaryl/α,β-unsaturated/α-hetero) is 1. The lowest BCUT2D eigenvalue weighted by molar-refractivity contribution is -0.267. The Hall–Kier alpha value is -1.88. The minimum atomic E-state index is -1.21. The summed E-state index contributed by atoms with van der Waals surface area (Å²) in [6.07, 6.45) is -0.0676. The van der Waals surface area contributed by atoms with Crippen LogP contribution in [0.1, 0.15) is 72.9 Å². The summed E-state index contributed by atoms with van der Waals surface area (Å²) in [4.78, 5) is 29.8. The number of hydrogen-bond donors (Lipinski definition) is 1. The molecule has 1 saturated heterocycles. The van der Waals surface area contributed by atoms with Crippen LogP contribution in [-0.2, 0) is 28.5 Å². The molecule has 1 unspecified atom stereocenters. The van der Waals surface area contributed by atoms with Gasteiger partial charge in [0.2, 0.25) is 0 Å². The van der Waals surface area contributed by atoms with Gasteiger partial charge in [0, 0.05) is 25.6 Å². The fourth-order valence-corrected chi connectivity index (χ4v) is 5.87. The summed E-state index contributed by atoms with van der Waals surface area (Å²) in [6, 6.07) is 9.70. The zero-order valence-corrected chi connectivity index (χ0v) is 27.8. The number of carbonyl (C=O) groups excluding carboxylic acids is 2. The third-order valence-electron chi connectivity index (χ3n) is 8.44. The fourth-order valence-electron chi connectivity index (χ4n) is 5.87. The summed E-state index contributed by atoms with van der Waals surface area (Å²) < 4.78 is 23.8. The molecule has 2 rings (SSSR count). The van der Waals surface area contributed by atoms with E-state index in [4.69, 9.17) is 18.9 Å². The smallest absolute Gasteiger partial charge is 0.319 e. The van der Waals surface area contributed by atoms with Gasteiger partial charge in [-0.1, -0.05) is 51.1 Å². The van der Waals surface area contributed by atoms with E-state index in [2.05, 4.69) is 11.8 Å². The Morgan fingerprint density at radius 1 is 1.10 bits per heavy atom. The molecule has 1 aromatic rings. The van der Waals surface area contributed by atoms with Crippen molar-refractivity contribution < 1.29 is 33.6 Å². The lowest BCUT2D eigenvalue weighted by Crippen LogP contribution is -2.55. The average molecular weight is 593 g/mol. The van der Waals surface area contributed by atoms with Gasteiger partial charge in [0.15, 0.2) is 12.1 Å². The van der Waals surface area contributed by atoms with E-state index in [0.29, 0.717) is 13.0 Å². The SMILES string of the molecule is COC(C)(CO[C@@H]1O[C@H](C)C[C@H](N(C)C)[C@H]1O)C[C@@H](C)CN(C)[C@@H](COC(=O)C(C)(C)C(=O)C(C)C)c1ccccc1. The van der Waals surface area contributed by atoms with E-state index in [0.717, 1.165) is 12.0 Å². The van der Waals surface area contributed by atoms with Crippen LogP contribution in [0.15, 0.2) is 30.3 Å². The molecule has 1 aliphatic heterocycles. The first-order chi connectivity index (χ1) is 19.5. The number of likely N-dealkylation sites (N-methyl/N-ethyl adjacent to an activating group) is 2. The molecule has 42 heavy (non-hydrogen) atoms. The zero-order chi connectivity index (χ0) is 31.8. The number of esters is 1. The molecule has 0 aromatic heterocycles. The number of nitrogens with zero attached hydrogens (tertiary/aromatic N) is 2. The van der Waals surface area contributed by atoms with Crippen LogP contribution in [0.2, 0.25) is 0 Å². The highest BCUT2D eigenvalue weighted by atomic mass is 16.7. The maximum absolute atomic E-state index is 13.0. The number of ketones is 1. The van der Waals surface area contributed by atoms with E-state index in [1.54, 1.807) is 34.8 Å². The molecule has 0 radical (unpaired) electrons. The second-order valence-electron chi connectivity index (χ2n) is 13.5. The highest BCUT2D eigenvalue weighted by molar-refractivity contribution is 6.03. The fraction of sp³-hybridized carbons (Fsp3) is 0.758. The number of hydrogen-bond acceptors (Lipinski definition) is 9.